The first-order chi connectivity index (χ1) is 22.7. The second-order valence-electron chi connectivity index (χ2n) is 14.3. The van der Waals surface area contributed by atoms with Gasteiger partial charge in [-0.3, -0.25) is 9.59 Å². The van der Waals surface area contributed by atoms with E-state index in [1.54, 1.807) is 26.8 Å². The molecule has 2 aliphatic rings. The van der Waals surface area contributed by atoms with E-state index in [0.717, 1.165) is 23.9 Å². The Morgan fingerprint density at radius 1 is 1.08 bits per heavy atom. The minimum absolute atomic E-state index is 0.00965. The van der Waals surface area contributed by atoms with E-state index in [-0.39, 0.29) is 41.8 Å². The molecule has 0 unspecified atom stereocenters. The highest BCUT2D eigenvalue weighted by molar-refractivity contribution is 6.00. The van der Waals surface area contributed by atoms with Gasteiger partial charge in [-0.2, -0.15) is 18.3 Å². The molecule has 1 aromatic heterocycles. The number of ether oxygens (including phenoxy) is 1. The van der Waals surface area contributed by atoms with Gasteiger partial charge in [-0.15, -0.1) is 5.48 Å². The van der Waals surface area contributed by atoms with Crippen LogP contribution in [0.25, 0.3) is 5.69 Å². The average molecular weight is 696 g/mol. The van der Waals surface area contributed by atoms with Crippen molar-refractivity contribution in [3.8, 4) is 5.69 Å². The Labute approximate surface area is 284 Å². The molecule has 1 fully saturated rings. The number of unbranched alkanes of at least 4 members (excludes halogenated alkanes) is 2. The van der Waals surface area contributed by atoms with Crippen LogP contribution in [0.5, 0.6) is 0 Å². The van der Waals surface area contributed by atoms with Gasteiger partial charge in [-0.1, -0.05) is 33.6 Å². The summed E-state index contributed by atoms with van der Waals surface area (Å²) in [5.74, 6) is -1.69. The summed E-state index contributed by atoms with van der Waals surface area (Å²) < 4.78 is 47.3. The van der Waals surface area contributed by atoms with Crippen LogP contribution in [-0.4, -0.2) is 56.4 Å². The van der Waals surface area contributed by atoms with Gasteiger partial charge in [0.25, 0.3) is 5.91 Å². The lowest BCUT2D eigenvalue weighted by Crippen LogP contribution is -2.34. The molecular weight excluding hydrogens is 647 g/mol. The molecule has 1 heterocycles. The van der Waals surface area contributed by atoms with Crippen molar-refractivity contribution in [1.82, 2.24) is 15.3 Å². The Balaban J connectivity index is 0.000000345. The Morgan fingerprint density at radius 3 is 2.31 bits per heavy atom. The Kier molecular flexibility index (Phi) is 12.9. The van der Waals surface area contributed by atoms with Crippen LogP contribution < -0.4 is 16.5 Å². The lowest BCUT2D eigenvalue weighted by Gasteiger charge is -2.29. The van der Waals surface area contributed by atoms with Crippen LogP contribution in [0.3, 0.4) is 0 Å². The number of primary amides is 1. The average Bonchev–Trinajstić information content (AvgIpc) is 3.36. The third-order valence-electron chi connectivity index (χ3n) is 8.01. The normalized spacial score (nSPS) is 18.8. The summed E-state index contributed by atoms with van der Waals surface area (Å²) in [6.07, 6.45) is 0.0485. The van der Waals surface area contributed by atoms with Crippen LogP contribution in [0.15, 0.2) is 18.2 Å². The first kappa shape index (κ1) is 39.3. The number of halogens is 3. The zero-order valence-electron chi connectivity index (χ0n) is 29.0. The summed E-state index contributed by atoms with van der Waals surface area (Å²) in [6, 6.07) is 4.47. The molecule has 2 amide bonds. The van der Waals surface area contributed by atoms with E-state index in [2.05, 4.69) is 15.3 Å². The molecule has 272 valence electrons. The number of nitrogens with one attached hydrogen (secondary N) is 2. The van der Waals surface area contributed by atoms with Crippen LogP contribution in [0.1, 0.15) is 131 Å². The number of amides is 2. The standard InChI is InChI=1S/C23H27F3N4O3.C11H21NO4/c1-22(2)10-17-19(18(32)11-22)20(23(24,25)26)29-30(17)13-5-8-15(21(27)33)16(9-13)28-12-3-6-14(31)7-4-12;1-5-6-7-8-9(13)16-12-10(14)15-11(2,3)4/h5,8-9,12,14,28,31H,3-4,6-7,10-11H2,1-2H3,(H2,27,33);5-8H2,1-4H3,(H,12,14)/t12-,14-;. The predicted octanol–water partition coefficient (Wildman–Crippen LogP) is 6.41. The number of hydroxylamine groups is 1. The molecule has 15 heteroatoms. The van der Waals surface area contributed by atoms with Crippen molar-refractivity contribution in [2.45, 2.75) is 130 Å². The molecular formula is C34H48F3N5O7. The number of aromatic nitrogens is 2. The highest BCUT2D eigenvalue weighted by Crippen LogP contribution is 2.42. The maximum atomic E-state index is 13.7. The van der Waals surface area contributed by atoms with Crippen LogP contribution in [0.2, 0.25) is 0 Å². The fourth-order valence-corrected chi connectivity index (χ4v) is 5.77. The summed E-state index contributed by atoms with van der Waals surface area (Å²) in [5, 5.41) is 16.8. The van der Waals surface area contributed by atoms with Crippen molar-refractivity contribution in [3.63, 3.8) is 0 Å². The van der Waals surface area contributed by atoms with Crippen LogP contribution >= 0.6 is 0 Å². The van der Waals surface area contributed by atoms with Crippen molar-refractivity contribution < 1.29 is 47.0 Å². The van der Waals surface area contributed by atoms with Gasteiger partial charge >= 0.3 is 18.2 Å². The number of alkyl halides is 3. The Hall–Kier alpha value is -4.14. The van der Waals surface area contributed by atoms with E-state index in [9.17, 15) is 37.5 Å². The van der Waals surface area contributed by atoms with Gasteiger partial charge < -0.3 is 25.7 Å². The molecule has 5 N–H and O–H groups in total. The largest absolute Gasteiger partial charge is 0.442 e. The number of anilines is 1. The molecule has 0 radical (unpaired) electrons. The fourth-order valence-electron chi connectivity index (χ4n) is 5.77. The number of nitrogens with two attached hydrogens (primary N) is 1. The number of carbonyl (C=O) groups is 4. The molecule has 1 aromatic carbocycles. The van der Waals surface area contributed by atoms with Gasteiger partial charge in [0.05, 0.1) is 28.6 Å². The van der Waals surface area contributed by atoms with Crippen molar-refractivity contribution in [1.29, 1.82) is 0 Å². The van der Waals surface area contributed by atoms with Crippen LogP contribution in [0.4, 0.5) is 23.7 Å². The lowest BCUT2D eigenvalue weighted by molar-refractivity contribution is -0.150. The zero-order chi connectivity index (χ0) is 36.7. The topological polar surface area (TPSA) is 175 Å². The van der Waals surface area contributed by atoms with Crippen LogP contribution in [0, 0.1) is 5.41 Å². The Morgan fingerprint density at radius 2 is 1.73 bits per heavy atom. The third-order valence-corrected chi connectivity index (χ3v) is 8.01. The summed E-state index contributed by atoms with van der Waals surface area (Å²) >= 11 is 0. The summed E-state index contributed by atoms with van der Waals surface area (Å²) in [4.78, 5) is 51.4. The lowest BCUT2D eigenvalue weighted by atomic mass is 9.75. The van der Waals surface area contributed by atoms with Crippen molar-refractivity contribution in [2.24, 2.45) is 11.1 Å². The molecule has 2 aromatic rings. The number of rotatable bonds is 8. The maximum Gasteiger partial charge on any atom is 0.441 e. The van der Waals surface area contributed by atoms with E-state index in [0.29, 0.717) is 43.5 Å². The quantitative estimate of drug-likeness (QED) is 0.180. The molecule has 0 spiro atoms. The van der Waals surface area contributed by atoms with Crippen molar-refractivity contribution >= 4 is 29.4 Å². The molecule has 0 atom stereocenters. The number of hydrogen-bond donors (Lipinski definition) is 4. The predicted molar refractivity (Wildman–Crippen MR) is 175 cm³/mol. The van der Waals surface area contributed by atoms with Crippen molar-refractivity contribution in [2.75, 3.05) is 5.32 Å². The van der Waals surface area contributed by atoms with Gasteiger partial charge in [0.2, 0.25) is 0 Å². The van der Waals surface area contributed by atoms with E-state index in [4.69, 9.17) is 10.5 Å². The van der Waals surface area contributed by atoms with Gasteiger partial charge in [0.15, 0.2) is 11.5 Å². The number of benzene rings is 1. The number of nitrogens with zero attached hydrogens (tertiary/aromatic N) is 2. The fraction of sp³-hybridized carbons (Fsp3) is 0.618. The Bertz CT molecular complexity index is 1510. The summed E-state index contributed by atoms with van der Waals surface area (Å²) in [5.41, 5.74) is 5.91. The number of Topliss-reactive ketones (excluding diaryl/α,β-unsaturated/α-hetero) is 1. The highest BCUT2D eigenvalue weighted by Gasteiger charge is 2.45. The number of aliphatic hydroxyl groups excluding tert-OH is 1. The molecule has 4 rings (SSSR count). The van der Waals surface area contributed by atoms with E-state index in [1.165, 1.54) is 12.1 Å². The van der Waals surface area contributed by atoms with Crippen LogP contribution in [-0.2, 0) is 27.0 Å². The molecule has 49 heavy (non-hydrogen) atoms. The monoisotopic (exact) mass is 695 g/mol. The smallest absolute Gasteiger partial charge is 0.441 e. The van der Waals surface area contributed by atoms with E-state index < -0.39 is 46.6 Å². The van der Waals surface area contributed by atoms with Gasteiger partial charge in [-0.05, 0) is 82.9 Å². The number of fused-ring (bicyclic) bond motifs is 1. The van der Waals surface area contributed by atoms with Gasteiger partial charge in [0.1, 0.15) is 5.60 Å². The summed E-state index contributed by atoms with van der Waals surface area (Å²) in [7, 11) is 0. The van der Waals surface area contributed by atoms with Gasteiger partial charge in [-0.25, -0.2) is 14.3 Å². The molecule has 12 nitrogen and oxygen atoms in total. The second kappa shape index (κ2) is 16.0. The van der Waals surface area contributed by atoms with E-state index in [1.807, 2.05) is 26.3 Å². The number of aliphatic hydroxyl groups is 1. The highest BCUT2D eigenvalue weighted by atomic mass is 19.4. The number of hydrogen-bond acceptors (Lipinski definition) is 9. The molecule has 0 aliphatic heterocycles. The maximum absolute atomic E-state index is 13.7. The zero-order valence-corrected chi connectivity index (χ0v) is 29.0. The molecule has 0 saturated heterocycles. The first-order valence-electron chi connectivity index (χ1n) is 16.5. The minimum atomic E-state index is -4.77. The molecule has 0 bridgehead atoms. The summed E-state index contributed by atoms with van der Waals surface area (Å²) in [6.45, 7) is 10.9. The number of ketones is 1. The second-order valence-corrected chi connectivity index (χ2v) is 14.3. The minimum Gasteiger partial charge on any atom is -0.442 e. The first-order valence-corrected chi connectivity index (χ1v) is 16.5. The molecule has 2 aliphatic carbocycles. The SMILES string of the molecule is CC1(C)CC(=O)c2c(C(F)(F)F)nn(-c3ccc(C(N)=O)c(N[C@H]4CC[C@H](O)CC4)c3)c2C1.CCCCCC(=O)ONC(=O)OC(C)(C)C. The van der Waals surface area contributed by atoms with Crippen molar-refractivity contribution in [3.05, 3.63) is 40.7 Å². The number of carbonyl (C=O) groups excluding carboxylic acids is 4. The molecule has 1 saturated carbocycles. The van der Waals surface area contributed by atoms with E-state index >= 15 is 0 Å². The van der Waals surface area contributed by atoms with Gasteiger partial charge in [0, 0.05) is 24.6 Å². The third kappa shape index (κ3) is 11.5.